The van der Waals surface area contributed by atoms with Gasteiger partial charge in [0.2, 0.25) is 0 Å². The van der Waals surface area contributed by atoms with Crippen molar-refractivity contribution in [3.8, 4) is 11.8 Å². The summed E-state index contributed by atoms with van der Waals surface area (Å²) in [6, 6.07) is 15.0. The van der Waals surface area contributed by atoms with Crippen LogP contribution in [0.3, 0.4) is 0 Å². The van der Waals surface area contributed by atoms with Crippen molar-refractivity contribution in [1.29, 1.82) is 0 Å². The Morgan fingerprint density at radius 1 is 0.529 bits per heavy atom. The van der Waals surface area contributed by atoms with E-state index in [1.165, 1.54) is 50.5 Å². The van der Waals surface area contributed by atoms with Gasteiger partial charge in [-0.05, 0) is 119 Å². The van der Waals surface area contributed by atoms with E-state index >= 15 is 0 Å². The fourth-order valence-electron chi connectivity index (χ4n) is 7.06. The number of allylic oxidation sites excluding steroid dienone is 1. The third-order valence-corrected chi connectivity index (χ3v) is 16.9. The number of carbonyl (C=O) groups is 5. The molecule has 1 atom stereocenters. The molecule has 0 aliphatic carbocycles. The molecule has 0 aliphatic rings. The van der Waals surface area contributed by atoms with Crippen molar-refractivity contribution in [1.82, 2.24) is 0 Å². The summed E-state index contributed by atoms with van der Waals surface area (Å²) in [7, 11) is -2.29. The standard InChI is InChI=1S/C58H88O11Si/c1-9-10-11-12-13-14-15-16-17-22-40-67-56(62)44-52(69-70(7,8)58(4,5)6)45-57(63)68-46-51-37-33-49(34-38-51)30-29-48-31-35-50(36-32-48)43-55(61)66-41-24-19-21-27-53(59)64-39-23-18-20-28-54(60)65-42-25-26-47(2)3/h26,31-38,52H,9-25,27-28,39-46H2,1-8H3. The van der Waals surface area contributed by atoms with Gasteiger partial charge in [0.1, 0.15) is 6.61 Å². The van der Waals surface area contributed by atoms with Crippen molar-refractivity contribution in [2.75, 3.05) is 26.4 Å². The van der Waals surface area contributed by atoms with Gasteiger partial charge >= 0.3 is 29.8 Å². The Kier molecular flexibility index (Phi) is 31.8. The molecule has 1 unspecified atom stereocenters. The molecule has 0 saturated heterocycles. The quantitative estimate of drug-likeness (QED) is 0.0161. The summed E-state index contributed by atoms with van der Waals surface area (Å²) in [6.07, 6.45) is 19.3. The molecule has 0 saturated carbocycles. The maximum absolute atomic E-state index is 13.1. The fraction of sp³-hybridized carbons (Fsp3) is 0.638. The highest BCUT2D eigenvalue weighted by atomic mass is 28.4. The third-order valence-electron chi connectivity index (χ3n) is 12.3. The molecule has 0 aromatic heterocycles. The number of esters is 5. The SMILES string of the molecule is CCCCCCCCCCCCOC(=O)CC(CC(=O)OCc1ccc(C#Cc2ccc(CC(=O)OCCCCCC(=O)OCCCCCC(=O)OCCC=C(C)C)cc2)cc1)O[Si](C)(C)C(C)(C)C. The first-order valence-corrected chi connectivity index (χ1v) is 29.2. The maximum atomic E-state index is 13.1. The van der Waals surface area contributed by atoms with E-state index in [4.69, 9.17) is 28.1 Å². The molecule has 0 aliphatic heterocycles. The first-order chi connectivity index (χ1) is 33.5. The monoisotopic (exact) mass is 989 g/mol. The molecule has 0 amide bonds. The van der Waals surface area contributed by atoms with Crippen molar-refractivity contribution >= 4 is 38.2 Å². The largest absolute Gasteiger partial charge is 0.466 e. The van der Waals surface area contributed by atoms with Crippen LogP contribution in [0.25, 0.3) is 0 Å². The maximum Gasteiger partial charge on any atom is 0.310 e. The highest BCUT2D eigenvalue weighted by molar-refractivity contribution is 6.74. The Bertz CT molecular complexity index is 1900. The molecule has 2 rings (SSSR count). The van der Waals surface area contributed by atoms with Crippen LogP contribution in [0, 0.1) is 11.8 Å². The molecular weight excluding hydrogens is 901 g/mol. The minimum Gasteiger partial charge on any atom is -0.466 e. The summed E-state index contributed by atoms with van der Waals surface area (Å²) in [5.74, 6) is 4.80. The summed E-state index contributed by atoms with van der Waals surface area (Å²) in [5.41, 5.74) is 4.44. The number of benzene rings is 2. The van der Waals surface area contributed by atoms with Crippen LogP contribution < -0.4 is 0 Å². The van der Waals surface area contributed by atoms with E-state index in [0.29, 0.717) is 65.0 Å². The van der Waals surface area contributed by atoms with E-state index in [0.717, 1.165) is 60.8 Å². The summed E-state index contributed by atoms with van der Waals surface area (Å²) in [6.45, 7) is 18.4. The lowest BCUT2D eigenvalue weighted by atomic mass is 10.1. The van der Waals surface area contributed by atoms with E-state index in [1.807, 2.05) is 68.5 Å². The van der Waals surface area contributed by atoms with Crippen LogP contribution in [-0.4, -0.2) is 70.7 Å². The summed E-state index contributed by atoms with van der Waals surface area (Å²) >= 11 is 0. The molecule has 11 nitrogen and oxygen atoms in total. The van der Waals surface area contributed by atoms with Crippen LogP contribution in [0.4, 0.5) is 0 Å². The van der Waals surface area contributed by atoms with Gasteiger partial charge in [-0.2, -0.15) is 0 Å². The summed E-state index contributed by atoms with van der Waals surface area (Å²) < 4.78 is 33.7. The Balaban J connectivity index is 1.66. The van der Waals surface area contributed by atoms with Crippen molar-refractivity contribution < 1.29 is 52.1 Å². The second kappa shape index (κ2) is 36.2. The van der Waals surface area contributed by atoms with Crippen molar-refractivity contribution in [3.63, 3.8) is 0 Å². The Morgan fingerprint density at radius 2 is 0.943 bits per heavy atom. The number of ether oxygens (including phenoxy) is 5. The van der Waals surface area contributed by atoms with Gasteiger partial charge in [0.05, 0.1) is 51.8 Å². The number of hydrogen-bond donors (Lipinski definition) is 0. The van der Waals surface area contributed by atoms with Gasteiger partial charge < -0.3 is 28.1 Å². The lowest BCUT2D eigenvalue weighted by Crippen LogP contribution is -2.45. The predicted octanol–water partition coefficient (Wildman–Crippen LogP) is 13.4. The Morgan fingerprint density at radius 3 is 1.43 bits per heavy atom. The highest BCUT2D eigenvalue weighted by Crippen LogP contribution is 2.38. The van der Waals surface area contributed by atoms with Crippen molar-refractivity contribution in [3.05, 3.63) is 82.4 Å². The molecule has 0 bridgehead atoms. The van der Waals surface area contributed by atoms with Gasteiger partial charge in [-0.15, -0.1) is 0 Å². The smallest absolute Gasteiger partial charge is 0.310 e. The van der Waals surface area contributed by atoms with Gasteiger partial charge in [-0.1, -0.05) is 133 Å². The molecule has 2 aromatic carbocycles. The minimum atomic E-state index is -2.29. The summed E-state index contributed by atoms with van der Waals surface area (Å²) in [5, 5.41) is -0.0975. The average molecular weight is 989 g/mol. The number of rotatable bonds is 36. The molecule has 0 radical (unpaired) electrons. The number of carbonyl (C=O) groups excluding carboxylic acids is 5. The molecule has 0 heterocycles. The molecular formula is C58H88O11Si. The van der Waals surface area contributed by atoms with Crippen molar-refractivity contribution in [2.24, 2.45) is 0 Å². The zero-order valence-electron chi connectivity index (χ0n) is 44.4. The van der Waals surface area contributed by atoms with Crippen LogP contribution >= 0.6 is 0 Å². The van der Waals surface area contributed by atoms with Gasteiger partial charge in [-0.3, -0.25) is 24.0 Å². The van der Waals surface area contributed by atoms with Gasteiger partial charge in [0, 0.05) is 24.0 Å². The van der Waals surface area contributed by atoms with Gasteiger partial charge in [0.25, 0.3) is 0 Å². The zero-order chi connectivity index (χ0) is 51.5. The van der Waals surface area contributed by atoms with Crippen LogP contribution in [-0.2, 0) is 65.1 Å². The normalized spacial score (nSPS) is 11.7. The predicted molar refractivity (Wildman–Crippen MR) is 280 cm³/mol. The van der Waals surface area contributed by atoms with Crippen molar-refractivity contribution in [2.45, 2.75) is 214 Å². The second-order valence-corrected chi connectivity index (χ2v) is 24.9. The van der Waals surface area contributed by atoms with E-state index in [2.05, 4.69) is 52.6 Å². The van der Waals surface area contributed by atoms with E-state index in [-0.39, 0.29) is 54.8 Å². The highest BCUT2D eigenvalue weighted by Gasteiger charge is 2.40. The van der Waals surface area contributed by atoms with Crippen LogP contribution in [0.15, 0.2) is 60.2 Å². The molecule has 12 heteroatoms. The van der Waals surface area contributed by atoms with Crippen LogP contribution in [0.5, 0.6) is 0 Å². The molecule has 2 aromatic rings. The van der Waals surface area contributed by atoms with E-state index in [1.54, 1.807) is 0 Å². The molecule has 0 fully saturated rings. The molecule has 0 spiro atoms. The lowest BCUT2D eigenvalue weighted by Gasteiger charge is -2.39. The Labute approximate surface area is 423 Å². The van der Waals surface area contributed by atoms with Gasteiger partial charge in [-0.25, -0.2) is 0 Å². The number of hydrogen-bond acceptors (Lipinski definition) is 11. The first-order valence-electron chi connectivity index (χ1n) is 26.3. The molecule has 70 heavy (non-hydrogen) atoms. The molecule has 390 valence electrons. The van der Waals surface area contributed by atoms with E-state index in [9.17, 15) is 24.0 Å². The van der Waals surface area contributed by atoms with Crippen LogP contribution in [0.2, 0.25) is 18.1 Å². The zero-order valence-corrected chi connectivity index (χ0v) is 45.4. The lowest BCUT2D eigenvalue weighted by molar-refractivity contribution is -0.150. The fourth-order valence-corrected chi connectivity index (χ4v) is 8.42. The van der Waals surface area contributed by atoms with Crippen LogP contribution in [0.1, 0.15) is 199 Å². The third kappa shape index (κ3) is 30.8. The van der Waals surface area contributed by atoms with Gasteiger partial charge in [0.15, 0.2) is 8.32 Å². The second-order valence-electron chi connectivity index (χ2n) is 20.1. The minimum absolute atomic E-state index is 0.0102. The van der Waals surface area contributed by atoms with E-state index < -0.39 is 20.4 Å². The topological polar surface area (TPSA) is 141 Å². The molecule has 0 N–H and O–H groups in total. The average Bonchev–Trinajstić information content (AvgIpc) is 3.30. The number of unbranched alkanes of at least 4 members (excludes halogenated alkanes) is 13. The summed E-state index contributed by atoms with van der Waals surface area (Å²) in [4.78, 5) is 62.2. The first kappa shape index (κ1) is 61.4. The Hall–Kier alpha value is -4.73.